The van der Waals surface area contributed by atoms with Crippen molar-refractivity contribution in [2.24, 2.45) is 0 Å². The maximum absolute atomic E-state index is 13.3. The van der Waals surface area contributed by atoms with E-state index >= 15 is 0 Å². The summed E-state index contributed by atoms with van der Waals surface area (Å²) < 4.78 is 23.2. The second-order valence-electron chi connectivity index (χ2n) is 8.62. The van der Waals surface area contributed by atoms with Crippen molar-refractivity contribution in [3.05, 3.63) is 48.3 Å². The molecular weight excluding hydrogens is 488 g/mol. The molecular formula is C23H26N6O6S. The third-order valence-electron chi connectivity index (χ3n) is 6.18. The zero-order valence-electron chi connectivity index (χ0n) is 19.6. The summed E-state index contributed by atoms with van der Waals surface area (Å²) in [5, 5.41) is 21.7. The molecule has 1 fully saturated rings. The van der Waals surface area contributed by atoms with Crippen LogP contribution in [0.25, 0.3) is 10.8 Å². The van der Waals surface area contributed by atoms with Gasteiger partial charge in [-0.3, -0.25) is 13.7 Å². The minimum atomic E-state index is -2.55. The molecule has 0 bridgehead atoms. The number of carboxylic acid groups (broad SMARTS) is 1. The molecule has 1 aliphatic heterocycles. The van der Waals surface area contributed by atoms with Crippen LogP contribution in [-0.2, 0) is 27.3 Å². The van der Waals surface area contributed by atoms with E-state index in [1.165, 1.54) is 23.4 Å². The first-order chi connectivity index (χ1) is 17.1. The van der Waals surface area contributed by atoms with Crippen molar-refractivity contribution < 1.29 is 28.6 Å². The van der Waals surface area contributed by atoms with E-state index in [0.29, 0.717) is 22.2 Å². The second kappa shape index (κ2) is 9.95. The smallest absolute Gasteiger partial charge is 0.326 e. The number of benzene rings is 1. The lowest BCUT2D eigenvalue weighted by molar-refractivity contribution is -0.148. The highest BCUT2D eigenvalue weighted by atomic mass is 32.2. The van der Waals surface area contributed by atoms with E-state index in [1.807, 2.05) is 0 Å². The van der Waals surface area contributed by atoms with Gasteiger partial charge in [-0.1, -0.05) is 0 Å². The summed E-state index contributed by atoms with van der Waals surface area (Å²) in [5.41, 5.74) is 6.43. The predicted octanol–water partition coefficient (Wildman–Crippen LogP) is 1.22. The molecule has 1 unspecified atom stereocenters. The van der Waals surface area contributed by atoms with Gasteiger partial charge in [0.15, 0.2) is 0 Å². The fourth-order valence-corrected chi connectivity index (χ4v) is 5.05. The number of carboxylic acids is 1. The van der Waals surface area contributed by atoms with Crippen LogP contribution in [0.4, 0.5) is 17.3 Å². The summed E-state index contributed by atoms with van der Waals surface area (Å²) in [6.45, 7) is 0.0581. The highest BCUT2D eigenvalue weighted by Crippen LogP contribution is 2.31. The molecule has 3 atom stereocenters. The molecule has 12 nitrogen and oxygen atoms in total. The first-order valence-corrected chi connectivity index (χ1v) is 12.1. The molecule has 2 aromatic heterocycles. The number of nitrogens with two attached hydrogens (primary N) is 1. The number of pyridine rings is 2. The molecule has 1 saturated heterocycles. The number of phenols is 1. The van der Waals surface area contributed by atoms with E-state index in [0.717, 1.165) is 4.31 Å². The zero-order chi connectivity index (χ0) is 26.1. The molecule has 0 spiro atoms. The van der Waals surface area contributed by atoms with E-state index in [2.05, 4.69) is 9.97 Å². The quantitative estimate of drug-likeness (QED) is 0.320. The van der Waals surface area contributed by atoms with Crippen molar-refractivity contribution in [3.8, 4) is 5.75 Å². The van der Waals surface area contributed by atoms with E-state index < -0.39 is 35.2 Å². The number of carbonyl (C=O) groups is 2. The molecule has 4 rings (SSSR count). The van der Waals surface area contributed by atoms with Crippen LogP contribution >= 0.6 is 0 Å². The largest absolute Gasteiger partial charge is 0.508 e. The molecule has 0 radical (unpaired) electrons. The first-order valence-electron chi connectivity index (χ1n) is 11.0. The number of nitrogen functional groups attached to an aromatic ring is 1. The van der Waals surface area contributed by atoms with Gasteiger partial charge < -0.3 is 25.7 Å². The van der Waals surface area contributed by atoms with Crippen LogP contribution in [0.2, 0.25) is 0 Å². The number of nitrogens with zero attached hydrogens (tertiary/aromatic N) is 5. The Hall–Kier alpha value is -3.97. The lowest BCUT2D eigenvalue weighted by Gasteiger charge is -2.28. The monoisotopic (exact) mass is 514 g/mol. The van der Waals surface area contributed by atoms with Gasteiger partial charge in [-0.15, -0.1) is 0 Å². The summed E-state index contributed by atoms with van der Waals surface area (Å²) in [6, 6.07) is 5.59. The SMILES string of the molecule is CN(C)c1ccc(N([C@H]2CCN([C@H](Cc3cc4ccnc(N)c4cc3O)C(=O)O)C2=O)S(=O)O)cn1. The van der Waals surface area contributed by atoms with Gasteiger partial charge in [-0.25, -0.2) is 19.0 Å². The van der Waals surface area contributed by atoms with E-state index in [9.17, 15) is 28.6 Å². The number of likely N-dealkylation sites (tertiary alicyclic amines) is 1. The van der Waals surface area contributed by atoms with Crippen LogP contribution < -0.4 is 14.9 Å². The Kier molecular flexibility index (Phi) is 6.95. The maximum atomic E-state index is 13.3. The van der Waals surface area contributed by atoms with Gasteiger partial charge >= 0.3 is 5.97 Å². The van der Waals surface area contributed by atoms with Crippen molar-refractivity contribution in [2.45, 2.75) is 24.9 Å². The van der Waals surface area contributed by atoms with Crippen molar-refractivity contribution in [3.63, 3.8) is 0 Å². The Balaban J connectivity index is 1.61. The van der Waals surface area contributed by atoms with Gasteiger partial charge in [0.2, 0.25) is 5.91 Å². The summed E-state index contributed by atoms with van der Waals surface area (Å²) in [4.78, 5) is 36.7. The third-order valence-corrected chi connectivity index (χ3v) is 6.98. The van der Waals surface area contributed by atoms with Crippen LogP contribution in [0.5, 0.6) is 5.75 Å². The van der Waals surface area contributed by atoms with Gasteiger partial charge in [-0.05, 0) is 47.7 Å². The third kappa shape index (κ3) is 4.75. The summed E-state index contributed by atoms with van der Waals surface area (Å²) >= 11 is -2.55. The number of phenolic OH excluding ortho intramolecular Hbond substituents is 1. The number of aromatic nitrogens is 2. The molecule has 5 N–H and O–H groups in total. The van der Waals surface area contributed by atoms with Crippen LogP contribution in [0.1, 0.15) is 12.0 Å². The van der Waals surface area contributed by atoms with Crippen LogP contribution in [0.15, 0.2) is 42.7 Å². The fraction of sp³-hybridized carbons (Fsp3) is 0.304. The minimum absolute atomic E-state index is 0.0581. The van der Waals surface area contributed by atoms with Crippen molar-refractivity contribution >= 4 is 51.2 Å². The van der Waals surface area contributed by atoms with Gasteiger partial charge in [0, 0.05) is 38.6 Å². The molecule has 36 heavy (non-hydrogen) atoms. The van der Waals surface area contributed by atoms with Crippen LogP contribution in [-0.4, -0.2) is 78.4 Å². The Bertz CT molecular complexity index is 1330. The zero-order valence-corrected chi connectivity index (χ0v) is 20.4. The highest BCUT2D eigenvalue weighted by molar-refractivity contribution is 7.80. The number of carbonyl (C=O) groups excluding carboxylic acids is 1. The van der Waals surface area contributed by atoms with E-state index in [4.69, 9.17) is 5.73 Å². The molecule has 0 saturated carbocycles. The average Bonchev–Trinajstić information content (AvgIpc) is 3.19. The Labute approximate surface area is 209 Å². The number of hydrogen-bond acceptors (Lipinski definition) is 8. The van der Waals surface area contributed by atoms with Gasteiger partial charge in [0.25, 0.3) is 11.3 Å². The number of rotatable bonds is 8. The van der Waals surface area contributed by atoms with Crippen molar-refractivity contribution in [2.75, 3.05) is 35.6 Å². The van der Waals surface area contributed by atoms with Gasteiger partial charge in [0.05, 0.1) is 11.9 Å². The number of fused-ring (bicyclic) bond motifs is 1. The van der Waals surface area contributed by atoms with E-state index in [1.54, 1.807) is 43.3 Å². The molecule has 190 valence electrons. The number of amides is 1. The lowest BCUT2D eigenvalue weighted by atomic mass is 10.00. The molecule has 3 heterocycles. The standard InChI is InChI=1S/C23H26N6O6S/c1-27(2)20-4-3-15(12-26-20)29(36(34)35)17-6-8-28(22(17)31)18(23(32)33)10-14-9-13-5-7-25-21(24)16(13)11-19(14)30/h3-5,7,9,11-12,17-18,30H,6,8,10H2,1-2H3,(H2,24,25)(H,32,33)(H,34,35)/t17-,18+/m0/s1. The molecule has 13 heteroatoms. The predicted molar refractivity (Wildman–Crippen MR) is 135 cm³/mol. The molecule has 0 aliphatic carbocycles. The fourth-order valence-electron chi connectivity index (χ4n) is 4.35. The maximum Gasteiger partial charge on any atom is 0.326 e. The number of aliphatic carboxylic acids is 1. The average molecular weight is 515 g/mol. The number of anilines is 3. The van der Waals surface area contributed by atoms with Crippen LogP contribution in [0, 0.1) is 0 Å². The summed E-state index contributed by atoms with van der Waals surface area (Å²) in [5.74, 6) is -1.17. The minimum Gasteiger partial charge on any atom is -0.508 e. The first kappa shape index (κ1) is 25.1. The normalized spacial score (nSPS) is 17.2. The summed E-state index contributed by atoms with van der Waals surface area (Å²) in [7, 11) is 3.60. The lowest BCUT2D eigenvalue weighted by Crippen LogP contribution is -2.48. The Morgan fingerprint density at radius 3 is 2.64 bits per heavy atom. The van der Waals surface area contributed by atoms with Gasteiger partial charge in [-0.2, -0.15) is 0 Å². The Morgan fingerprint density at radius 1 is 1.28 bits per heavy atom. The molecule has 1 aromatic carbocycles. The molecule has 1 amide bonds. The van der Waals surface area contributed by atoms with Crippen molar-refractivity contribution in [1.82, 2.24) is 14.9 Å². The Morgan fingerprint density at radius 2 is 2.03 bits per heavy atom. The van der Waals surface area contributed by atoms with E-state index in [-0.39, 0.29) is 36.6 Å². The number of hydrogen-bond donors (Lipinski definition) is 4. The number of aromatic hydroxyl groups is 1. The van der Waals surface area contributed by atoms with Crippen molar-refractivity contribution in [1.29, 1.82) is 0 Å². The second-order valence-corrected chi connectivity index (χ2v) is 9.47. The topological polar surface area (TPSA) is 173 Å². The van der Waals surface area contributed by atoms with Gasteiger partial charge in [0.1, 0.15) is 29.5 Å². The molecule has 1 aliphatic rings. The summed E-state index contributed by atoms with van der Waals surface area (Å²) in [6.07, 6.45) is 2.86. The highest BCUT2D eigenvalue weighted by Gasteiger charge is 2.43. The van der Waals surface area contributed by atoms with Crippen LogP contribution in [0.3, 0.4) is 0 Å². The molecule has 3 aromatic rings.